The quantitative estimate of drug-likeness (QED) is 0.0985. The first kappa shape index (κ1) is 28.0. The van der Waals surface area contributed by atoms with Gasteiger partial charge < -0.3 is 31.9 Å². The maximum atomic E-state index is 12.8. The van der Waals surface area contributed by atoms with Gasteiger partial charge in [0, 0.05) is 18.5 Å². The summed E-state index contributed by atoms with van der Waals surface area (Å²) >= 11 is 0. The Morgan fingerprint density at radius 2 is 1.76 bits per heavy atom. The molecule has 0 spiro atoms. The van der Waals surface area contributed by atoms with Crippen LogP contribution in [0.2, 0.25) is 0 Å². The van der Waals surface area contributed by atoms with Crippen LogP contribution >= 0.6 is 0 Å². The highest BCUT2D eigenvalue weighted by atomic mass is 16.4. The van der Waals surface area contributed by atoms with Crippen LogP contribution in [0.3, 0.4) is 0 Å². The Bertz CT molecular complexity index is 966. The molecular weight excluding hydrogens is 442 g/mol. The topological polar surface area (TPSA) is 195 Å². The minimum atomic E-state index is -1.47. The number of carbonyl (C=O) groups is 4. The van der Waals surface area contributed by atoms with E-state index in [9.17, 15) is 24.3 Å². The number of aliphatic carboxylic acids is 2. The molecule has 0 bridgehead atoms. The Balaban J connectivity index is 2.91. The van der Waals surface area contributed by atoms with Gasteiger partial charge in [0.1, 0.15) is 12.1 Å². The number of amides is 2. The van der Waals surface area contributed by atoms with Crippen LogP contribution in [0.25, 0.3) is 0 Å². The maximum absolute atomic E-state index is 12.8. The molecule has 0 saturated heterocycles. The van der Waals surface area contributed by atoms with Crippen LogP contribution in [-0.4, -0.2) is 58.6 Å². The Labute approximate surface area is 198 Å². The van der Waals surface area contributed by atoms with Crippen molar-refractivity contribution in [2.24, 2.45) is 11.7 Å². The number of nitrogens with two attached hydrogens (primary N) is 1. The SMILES string of the molecule is CC(C)[C@H](NC(=O)[C@H](CC(=O)O)NC(=O)c1ccccc1C#CCCCCNC(=N)N)C(=O)O. The summed E-state index contributed by atoms with van der Waals surface area (Å²) in [6.45, 7) is 3.75. The van der Waals surface area contributed by atoms with Crippen LogP contribution in [0.5, 0.6) is 0 Å². The summed E-state index contributed by atoms with van der Waals surface area (Å²) in [4.78, 5) is 48.0. The summed E-state index contributed by atoms with van der Waals surface area (Å²) in [7, 11) is 0. The van der Waals surface area contributed by atoms with Gasteiger partial charge in [-0.3, -0.25) is 19.8 Å². The van der Waals surface area contributed by atoms with E-state index in [2.05, 4.69) is 27.8 Å². The van der Waals surface area contributed by atoms with Gasteiger partial charge in [-0.05, 0) is 30.9 Å². The van der Waals surface area contributed by atoms with E-state index < -0.39 is 48.2 Å². The second-order valence-electron chi connectivity index (χ2n) is 7.84. The Morgan fingerprint density at radius 1 is 1.09 bits per heavy atom. The van der Waals surface area contributed by atoms with E-state index in [1.807, 2.05) is 0 Å². The molecule has 0 heterocycles. The zero-order chi connectivity index (χ0) is 25.7. The van der Waals surface area contributed by atoms with Crippen molar-refractivity contribution in [1.82, 2.24) is 16.0 Å². The summed E-state index contributed by atoms with van der Waals surface area (Å²) in [5.41, 5.74) is 5.77. The highest BCUT2D eigenvalue weighted by Crippen LogP contribution is 2.10. The average molecular weight is 474 g/mol. The van der Waals surface area contributed by atoms with Crippen molar-refractivity contribution in [3.63, 3.8) is 0 Å². The minimum Gasteiger partial charge on any atom is -0.481 e. The molecule has 1 rings (SSSR count). The smallest absolute Gasteiger partial charge is 0.326 e. The molecule has 1 aromatic rings. The van der Waals surface area contributed by atoms with Crippen molar-refractivity contribution < 1.29 is 29.4 Å². The third-order valence-corrected chi connectivity index (χ3v) is 4.67. The van der Waals surface area contributed by atoms with Crippen molar-refractivity contribution >= 4 is 29.7 Å². The third-order valence-electron chi connectivity index (χ3n) is 4.67. The molecule has 8 N–H and O–H groups in total. The van der Waals surface area contributed by atoms with Crippen molar-refractivity contribution in [3.8, 4) is 11.8 Å². The Hall–Kier alpha value is -4.07. The molecule has 11 heteroatoms. The van der Waals surface area contributed by atoms with Crippen LogP contribution in [0.4, 0.5) is 0 Å². The molecule has 0 radical (unpaired) electrons. The Morgan fingerprint density at radius 3 is 2.35 bits per heavy atom. The van der Waals surface area contributed by atoms with Gasteiger partial charge in [0.15, 0.2) is 5.96 Å². The molecule has 0 aromatic heterocycles. The monoisotopic (exact) mass is 473 g/mol. The summed E-state index contributed by atoms with van der Waals surface area (Å²) in [5, 5.41) is 32.9. The minimum absolute atomic E-state index is 0.0939. The first-order valence-corrected chi connectivity index (χ1v) is 10.7. The predicted octanol–water partition coefficient (Wildman–Crippen LogP) is 0.490. The van der Waals surface area contributed by atoms with Crippen molar-refractivity contribution in [2.75, 3.05) is 6.54 Å². The van der Waals surface area contributed by atoms with Gasteiger partial charge in [0.25, 0.3) is 5.91 Å². The standard InChI is InChI=1S/C23H31N5O6/c1-14(2)19(22(33)34)28-21(32)17(13-18(29)30)27-20(31)16-11-7-6-10-15(16)9-5-3-4-8-12-26-23(24)25/h6-7,10-11,14,17,19H,3-4,8,12-13H2,1-2H3,(H,27,31)(H,28,32)(H,29,30)(H,33,34)(H4,24,25,26)/t17-,19-/m0/s1. The second-order valence-corrected chi connectivity index (χ2v) is 7.84. The van der Waals surface area contributed by atoms with Gasteiger partial charge in [-0.1, -0.05) is 37.8 Å². The fourth-order valence-corrected chi connectivity index (χ4v) is 2.90. The highest BCUT2D eigenvalue weighted by molar-refractivity contribution is 6.00. The number of carboxylic acid groups (broad SMARTS) is 2. The Kier molecular flexibility index (Phi) is 11.6. The predicted molar refractivity (Wildman–Crippen MR) is 125 cm³/mol. The fraction of sp³-hybridized carbons (Fsp3) is 0.435. The molecule has 34 heavy (non-hydrogen) atoms. The number of benzene rings is 1. The number of guanidine groups is 1. The molecule has 2 amide bonds. The number of rotatable bonds is 12. The summed E-state index contributed by atoms with van der Waals surface area (Å²) < 4.78 is 0. The molecule has 1 aromatic carbocycles. The summed E-state index contributed by atoms with van der Waals surface area (Å²) in [5.74, 6) is 1.13. The number of carbonyl (C=O) groups excluding carboxylic acids is 2. The van der Waals surface area contributed by atoms with Crippen LogP contribution in [0.15, 0.2) is 24.3 Å². The fourth-order valence-electron chi connectivity index (χ4n) is 2.90. The van der Waals surface area contributed by atoms with E-state index in [-0.39, 0.29) is 11.5 Å². The van der Waals surface area contributed by atoms with Gasteiger partial charge >= 0.3 is 11.9 Å². The molecule has 0 aliphatic heterocycles. The highest BCUT2D eigenvalue weighted by Gasteiger charge is 2.30. The molecule has 0 saturated carbocycles. The van der Waals surface area contributed by atoms with E-state index in [0.717, 1.165) is 12.8 Å². The molecule has 0 aliphatic rings. The zero-order valence-corrected chi connectivity index (χ0v) is 19.2. The molecule has 11 nitrogen and oxygen atoms in total. The first-order chi connectivity index (χ1) is 16.0. The third kappa shape index (κ3) is 10.0. The van der Waals surface area contributed by atoms with Gasteiger partial charge in [-0.2, -0.15) is 0 Å². The zero-order valence-electron chi connectivity index (χ0n) is 19.2. The van der Waals surface area contributed by atoms with E-state index in [0.29, 0.717) is 18.5 Å². The molecule has 0 unspecified atom stereocenters. The normalized spacial score (nSPS) is 12.0. The van der Waals surface area contributed by atoms with Crippen LogP contribution < -0.4 is 21.7 Å². The second kappa shape index (κ2) is 14.2. The van der Waals surface area contributed by atoms with Gasteiger partial charge in [-0.15, -0.1) is 0 Å². The van der Waals surface area contributed by atoms with Crippen LogP contribution in [-0.2, 0) is 14.4 Å². The van der Waals surface area contributed by atoms with Crippen LogP contribution in [0.1, 0.15) is 55.5 Å². The number of hydrogen-bond acceptors (Lipinski definition) is 5. The van der Waals surface area contributed by atoms with Crippen molar-refractivity contribution in [3.05, 3.63) is 35.4 Å². The molecule has 0 fully saturated rings. The molecular formula is C23H31N5O6. The van der Waals surface area contributed by atoms with E-state index >= 15 is 0 Å². The van der Waals surface area contributed by atoms with Gasteiger partial charge in [0.05, 0.1) is 12.0 Å². The lowest BCUT2D eigenvalue weighted by atomic mass is 10.0. The van der Waals surface area contributed by atoms with E-state index in [1.54, 1.807) is 32.0 Å². The number of unbranched alkanes of at least 4 members (excludes halogenated alkanes) is 2. The largest absolute Gasteiger partial charge is 0.481 e. The lowest BCUT2D eigenvalue weighted by Crippen LogP contribution is -2.53. The number of hydrogen-bond donors (Lipinski definition) is 7. The van der Waals surface area contributed by atoms with Crippen LogP contribution in [0, 0.1) is 23.2 Å². The van der Waals surface area contributed by atoms with E-state index in [1.165, 1.54) is 6.07 Å². The average Bonchev–Trinajstić information content (AvgIpc) is 2.75. The van der Waals surface area contributed by atoms with E-state index in [4.69, 9.17) is 16.2 Å². The van der Waals surface area contributed by atoms with Crippen molar-refractivity contribution in [2.45, 2.75) is 51.6 Å². The summed E-state index contributed by atoms with van der Waals surface area (Å²) in [6, 6.07) is 3.73. The lowest BCUT2D eigenvalue weighted by molar-refractivity contribution is -0.144. The number of nitrogens with one attached hydrogen (secondary N) is 4. The molecule has 2 atom stereocenters. The number of carboxylic acids is 2. The molecule has 0 aliphatic carbocycles. The first-order valence-electron chi connectivity index (χ1n) is 10.7. The van der Waals surface area contributed by atoms with Crippen molar-refractivity contribution in [1.29, 1.82) is 5.41 Å². The summed E-state index contributed by atoms with van der Waals surface area (Å²) in [6.07, 6.45) is 1.34. The molecule has 184 valence electrons. The maximum Gasteiger partial charge on any atom is 0.326 e. The lowest BCUT2D eigenvalue weighted by Gasteiger charge is -2.22. The van der Waals surface area contributed by atoms with Gasteiger partial charge in [-0.25, -0.2) is 4.79 Å². The van der Waals surface area contributed by atoms with Gasteiger partial charge in [0.2, 0.25) is 5.91 Å².